The third-order valence-electron chi connectivity index (χ3n) is 2.82. The van der Waals surface area contributed by atoms with Crippen molar-refractivity contribution in [2.45, 2.75) is 38.3 Å². The Morgan fingerprint density at radius 2 is 2.20 bits per heavy atom. The Morgan fingerprint density at radius 3 is 2.80 bits per heavy atom. The Hall–Kier alpha value is -1.00. The number of nitrogens with one attached hydrogen (secondary N) is 1. The minimum Gasteiger partial charge on any atom is -0.393 e. The summed E-state index contributed by atoms with van der Waals surface area (Å²) in [7, 11) is 0. The number of aromatic nitrogens is 2. The van der Waals surface area contributed by atoms with Crippen LogP contribution in [0.4, 0.5) is 0 Å². The van der Waals surface area contributed by atoms with Gasteiger partial charge in [-0.25, -0.2) is 9.97 Å². The van der Waals surface area contributed by atoms with Gasteiger partial charge in [0.2, 0.25) is 0 Å². The van der Waals surface area contributed by atoms with Crippen LogP contribution in [0.5, 0.6) is 0 Å². The predicted molar refractivity (Wildman–Crippen MR) is 57.4 cm³/mol. The monoisotopic (exact) mass is 207 g/mol. The lowest BCUT2D eigenvalue weighted by Gasteiger charge is -2.26. The van der Waals surface area contributed by atoms with Crippen LogP contribution in [0.15, 0.2) is 12.4 Å². The van der Waals surface area contributed by atoms with Gasteiger partial charge in [0.15, 0.2) is 0 Å². The van der Waals surface area contributed by atoms with Crippen LogP contribution in [0.25, 0.3) is 0 Å². The number of hydrogen-bond donors (Lipinski definition) is 2. The van der Waals surface area contributed by atoms with Gasteiger partial charge >= 0.3 is 0 Å². The van der Waals surface area contributed by atoms with Crippen molar-refractivity contribution in [2.75, 3.05) is 6.54 Å². The summed E-state index contributed by atoms with van der Waals surface area (Å²) in [4.78, 5) is 8.65. The maximum atomic E-state index is 9.55. The highest BCUT2D eigenvalue weighted by Crippen LogP contribution is 2.19. The fraction of sp³-hybridized carbons (Fsp3) is 0.636. The molecule has 0 saturated carbocycles. The van der Waals surface area contributed by atoms with E-state index in [-0.39, 0.29) is 12.1 Å². The maximum absolute atomic E-state index is 9.55. The van der Waals surface area contributed by atoms with Crippen molar-refractivity contribution in [3.8, 4) is 0 Å². The van der Waals surface area contributed by atoms with Crippen molar-refractivity contribution < 1.29 is 5.11 Å². The number of nitrogens with zero attached hydrogens (tertiary/aromatic N) is 2. The van der Waals surface area contributed by atoms with Crippen LogP contribution in [-0.2, 0) is 6.42 Å². The van der Waals surface area contributed by atoms with Gasteiger partial charge in [0.05, 0.1) is 12.1 Å². The molecule has 2 N–H and O–H groups in total. The summed E-state index contributed by atoms with van der Waals surface area (Å²) >= 11 is 0. The first kappa shape index (κ1) is 10.5. The van der Waals surface area contributed by atoms with Crippen molar-refractivity contribution in [3.63, 3.8) is 0 Å². The average Bonchev–Trinajstić information content (AvgIpc) is 2.29. The van der Waals surface area contributed by atoms with E-state index >= 15 is 0 Å². The predicted octanol–water partition coefficient (Wildman–Crippen LogP) is 0.824. The fourth-order valence-electron chi connectivity index (χ4n) is 1.82. The lowest BCUT2D eigenvalue weighted by atomic mass is 10.0. The Morgan fingerprint density at radius 1 is 1.47 bits per heavy atom. The first-order chi connectivity index (χ1) is 7.29. The Balaban J connectivity index is 2.07. The van der Waals surface area contributed by atoms with E-state index in [4.69, 9.17) is 0 Å². The molecule has 1 aliphatic heterocycles. The van der Waals surface area contributed by atoms with Gasteiger partial charge in [-0.2, -0.15) is 0 Å². The second kappa shape index (κ2) is 4.68. The standard InChI is InChI=1S/C11H17N3O/c1-2-8-6-13-11(14-7-8)10-5-9(15)3-4-12-10/h6-7,9-10,12,15H,2-5H2,1H3. The molecule has 4 nitrogen and oxygen atoms in total. The van der Waals surface area contributed by atoms with E-state index in [0.29, 0.717) is 6.42 Å². The zero-order valence-electron chi connectivity index (χ0n) is 8.98. The first-order valence-corrected chi connectivity index (χ1v) is 5.52. The molecule has 2 heterocycles. The van der Waals surface area contributed by atoms with E-state index in [0.717, 1.165) is 30.8 Å². The van der Waals surface area contributed by atoms with Gasteiger partial charge in [0, 0.05) is 12.4 Å². The number of piperidine rings is 1. The second-order valence-corrected chi connectivity index (χ2v) is 3.99. The quantitative estimate of drug-likeness (QED) is 0.754. The summed E-state index contributed by atoms with van der Waals surface area (Å²) in [6.45, 7) is 2.92. The van der Waals surface area contributed by atoms with E-state index < -0.39 is 0 Å². The lowest BCUT2D eigenvalue weighted by molar-refractivity contribution is 0.114. The van der Waals surface area contributed by atoms with E-state index in [1.807, 2.05) is 12.4 Å². The molecule has 1 saturated heterocycles. The molecule has 0 radical (unpaired) electrons. The molecule has 0 spiro atoms. The summed E-state index contributed by atoms with van der Waals surface area (Å²) in [6, 6.07) is 0.111. The second-order valence-electron chi connectivity index (χ2n) is 3.99. The van der Waals surface area contributed by atoms with Crippen LogP contribution < -0.4 is 5.32 Å². The van der Waals surface area contributed by atoms with E-state index in [1.165, 1.54) is 0 Å². The molecule has 1 aromatic heterocycles. The number of rotatable bonds is 2. The molecule has 2 unspecified atom stereocenters. The Labute approximate surface area is 89.8 Å². The zero-order chi connectivity index (χ0) is 10.7. The normalized spacial score (nSPS) is 26.5. The van der Waals surface area contributed by atoms with Crippen LogP contribution >= 0.6 is 0 Å². The summed E-state index contributed by atoms with van der Waals surface area (Å²) < 4.78 is 0. The van der Waals surface area contributed by atoms with Crippen molar-refractivity contribution in [1.29, 1.82) is 0 Å². The number of aliphatic hydroxyl groups excluding tert-OH is 1. The van der Waals surface area contributed by atoms with Crippen LogP contribution in [-0.4, -0.2) is 27.7 Å². The Bertz CT molecular complexity index is 312. The highest BCUT2D eigenvalue weighted by molar-refractivity contribution is 5.07. The summed E-state index contributed by atoms with van der Waals surface area (Å²) in [6.07, 6.45) is 6.01. The molecule has 1 aromatic rings. The molecular formula is C11H17N3O. The highest BCUT2D eigenvalue weighted by atomic mass is 16.3. The molecule has 2 rings (SSSR count). The maximum Gasteiger partial charge on any atom is 0.145 e. The number of hydrogen-bond acceptors (Lipinski definition) is 4. The lowest BCUT2D eigenvalue weighted by Crippen LogP contribution is -2.35. The van der Waals surface area contributed by atoms with Gasteiger partial charge in [0.25, 0.3) is 0 Å². The van der Waals surface area contributed by atoms with Crippen molar-refractivity contribution in [2.24, 2.45) is 0 Å². The molecule has 0 bridgehead atoms. The molecule has 2 atom stereocenters. The minimum atomic E-state index is -0.217. The van der Waals surface area contributed by atoms with Gasteiger partial charge < -0.3 is 10.4 Å². The molecular weight excluding hydrogens is 190 g/mol. The van der Waals surface area contributed by atoms with Gasteiger partial charge in [0.1, 0.15) is 5.82 Å². The first-order valence-electron chi connectivity index (χ1n) is 5.52. The molecule has 4 heteroatoms. The van der Waals surface area contributed by atoms with Crippen LogP contribution in [0.2, 0.25) is 0 Å². The highest BCUT2D eigenvalue weighted by Gasteiger charge is 2.22. The van der Waals surface area contributed by atoms with Gasteiger partial charge in [-0.05, 0) is 31.4 Å². The average molecular weight is 207 g/mol. The van der Waals surface area contributed by atoms with Crippen LogP contribution in [0.3, 0.4) is 0 Å². The van der Waals surface area contributed by atoms with E-state index in [1.54, 1.807) is 0 Å². The van der Waals surface area contributed by atoms with Gasteiger partial charge in [-0.1, -0.05) is 6.92 Å². The summed E-state index contributed by atoms with van der Waals surface area (Å²) in [5.41, 5.74) is 1.15. The molecule has 0 aromatic carbocycles. The molecule has 0 amide bonds. The molecule has 15 heavy (non-hydrogen) atoms. The van der Waals surface area contributed by atoms with E-state index in [2.05, 4.69) is 22.2 Å². The third-order valence-corrected chi connectivity index (χ3v) is 2.82. The molecule has 82 valence electrons. The van der Waals surface area contributed by atoms with Crippen molar-refractivity contribution >= 4 is 0 Å². The largest absolute Gasteiger partial charge is 0.393 e. The summed E-state index contributed by atoms with van der Waals surface area (Å²) in [5.74, 6) is 0.797. The van der Waals surface area contributed by atoms with Gasteiger partial charge in [-0.15, -0.1) is 0 Å². The van der Waals surface area contributed by atoms with Crippen LogP contribution in [0.1, 0.15) is 37.2 Å². The fourth-order valence-corrected chi connectivity index (χ4v) is 1.82. The molecule has 1 aliphatic rings. The number of aliphatic hydroxyl groups is 1. The zero-order valence-corrected chi connectivity index (χ0v) is 8.98. The topological polar surface area (TPSA) is 58.0 Å². The van der Waals surface area contributed by atoms with Gasteiger partial charge in [-0.3, -0.25) is 0 Å². The van der Waals surface area contributed by atoms with Crippen molar-refractivity contribution in [3.05, 3.63) is 23.8 Å². The molecule has 0 aliphatic carbocycles. The molecule has 1 fully saturated rings. The summed E-state index contributed by atoms with van der Waals surface area (Å²) in [5, 5.41) is 12.9. The smallest absolute Gasteiger partial charge is 0.145 e. The van der Waals surface area contributed by atoms with Crippen molar-refractivity contribution in [1.82, 2.24) is 15.3 Å². The SMILES string of the molecule is CCc1cnc(C2CC(O)CCN2)nc1. The van der Waals surface area contributed by atoms with Crippen LogP contribution in [0, 0.1) is 0 Å². The number of aryl methyl sites for hydroxylation is 1. The minimum absolute atomic E-state index is 0.111. The Kier molecular flexibility index (Phi) is 3.28. The van der Waals surface area contributed by atoms with E-state index in [9.17, 15) is 5.11 Å². The third kappa shape index (κ3) is 2.52.